The molecule has 3 atom stereocenters. The number of hydrogen-bond acceptors (Lipinski definition) is 14. The lowest BCUT2D eigenvalue weighted by Crippen LogP contribution is -2.57. The number of nitrogens with one attached hydrogen (secondary N) is 3. The van der Waals surface area contributed by atoms with Crippen molar-refractivity contribution < 1.29 is 57.6 Å². The van der Waals surface area contributed by atoms with Crippen LogP contribution in [-0.2, 0) is 54.8 Å². The maximum atomic E-state index is 13.8. The molecular weight excluding hydrogens is 771 g/mol. The summed E-state index contributed by atoms with van der Waals surface area (Å²) in [6, 6.07) is 14.9. The van der Waals surface area contributed by atoms with Gasteiger partial charge in [0.1, 0.15) is 29.9 Å². The number of esters is 2. The van der Waals surface area contributed by atoms with Gasteiger partial charge in [0, 0.05) is 29.1 Å². The minimum Gasteiger partial charge on any atom is -0.477 e. The Balaban J connectivity index is 1.31. The molecule has 2 aliphatic rings. The van der Waals surface area contributed by atoms with Gasteiger partial charge in [0.25, 0.3) is 0 Å². The molecule has 0 saturated carbocycles. The van der Waals surface area contributed by atoms with Crippen molar-refractivity contribution in [1.29, 1.82) is 0 Å². The first kappa shape index (κ1) is 41.2. The number of ether oxygens (including phenoxy) is 4. The highest BCUT2D eigenvalue weighted by atomic mass is 32.2. The first-order valence-corrected chi connectivity index (χ1v) is 18.8. The van der Waals surface area contributed by atoms with E-state index in [1.807, 2.05) is 0 Å². The van der Waals surface area contributed by atoms with Crippen molar-refractivity contribution in [3.05, 3.63) is 88.1 Å². The van der Waals surface area contributed by atoms with Gasteiger partial charge in [-0.05, 0) is 32.4 Å². The number of rotatable bonds is 13. The van der Waals surface area contributed by atoms with Gasteiger partial charge in [-0.2, -0.15) is 0 Å². The average molecular weight is 810 g/mol. The zero-order valence-electron chi connectivity index (χ0n) is 30.9. The summed E-state index contributed by atoms with van der Waals surface area (Å²) in [7, 11) is 1.19. The Hall–Kier alpha value is -5.95. The number of carboxylic acids is 1. The van der Waals surface area contributed by atoms with E-state index in [1.165, 1.54) is 12.5 Å². The number of anilines is 2. The molecule has 2 aliphatic heterocycles. The lowest BCUT2D eigenvalue weighted by atomic mass is 9.74. The number of amides is 4. The zero-order chi connectivity index (χ0) is 40.8. The normalized spacial score (nSPS) is 17.3. The SMILES string of the molecule is COC(=O)C(COC(=O)Nc1nc(CC(=O)N[C@@H]2S[C@H]3CC(=O)N3C(C(=O)O)=C2COC(C)=O)cs1)(c1ccccc1)c1ccccc1NC(=O)OC(C)(C)C. The molecule has 3 aromatic rings. The lowest BCUT2D eigenvalue weighted by Gasteiger charge is -2.46. The molecule has 56 heavy (non-hydrogen) atoms. The Morgan fingerprint density at radius 1 is 0.964 bits per heavy atom. The van der Waals surface area contributed by atoms with Gasteiger partial charge in [-0.15, -0.1) is 23.1 Å². The minimum atomic E-state index is -1.77. The number of hydrogen-bond donors (Lipinski definition) is 4. The molecule has 3 heterocycles. The summed E-state index contributed by atoms with van der Waals surface area (Å²) in [5.74, 6) is -3.82. The van der Waals surface area contributed by atoms with E-state index in [0.29, 0.717) is 5.56 Å². The Morgan fingerprint density at radius 2 is 1.66 bits per heavy atom. The maximum absolute atomic E-state index is 13.8. The second-order valence-corrected chi connectivity index (χ2v) is 15.6. The van der Waals surface area contributed by atoms with Crippen LogP contribution in [0.5, 0.6) is 0 Å². The average Bonchev–Trinajstić information content (AvgIpc) is 3.56. The smallest absolute Gasteiger partial charge is 0.413 e. The molecule has 0 bridgehead atoms. The predicted octanol–water partition coefficient (Wildman–Crippen LogP) is 4.39. The van der Waals surface area contributed by atoms with Crippen molar-refractivity contribution in [3.8, 4) is 0 Å². The summed E-state index contributed by atoms with van der Waals surface area (Å²) in [5, 5.41) is 18.0. The summed E-state index contributed by atoms with van der Waals surface area (Å²) < 4.78 is 21.4. The number of carbonyl (C=O) groups excluding carboxylic acids is 6. The highest BCUT2D eigenvalue weighted by Gasteiger charge is 2.49. The van der Waals surface area contributed by atoms with Crippen molar-refractivity contribution in [3.63, 3.8) is 0 Å². The molecule has 0 radical (unpaired) electrons. The largest absolute Gasteiger partial charge is 0.477 e. The summed E-state index contributed by atoms with van der Waals surface area (Å²) in [6.45, 7) is 5.24. The van der Waals surface area contributed by atoms with Crippen LogP contribution in [0.25, 0.3) is 0 Å². The lowest BCUT2D eigenvalue weighted by molar-refractivity contribution is -0.147. The number of carboxylic acid groups (broad SMARTS) is 1. The van der Waals surface area contributed by atoms with Crippen molar-refractivity contribution in [2.45, 2.75) is 62.3 Å². The van der Waals surface area contributed by atoms with Crippen molar-refractivity contribution in [2.75, 3.05) is 31.0 Å². The fourth-order valence-corrected chi connectivity index (χ4v) is 8.09. The quantitative estimate of drug-likeness (QED) is 0.107. The van der Waals surface area contributed by atoms with Crippen LogP contribution in [0.3, 0.4) is 0 Å². The monoisotopic (exact) mass is 809 g/mol. The molecule has 5 rings (SSSR count). The Labute approximate surface area is 329 Å². The van der Waals surface area contributed by atoms with E-state index in [1.54, 1.807) is 75.4 Å². The second-order valence-electron chi connectivity index (χ2n) is 13.4. The Morgan fingerprint density at radius 3 is 2.30 bits per heavy atom. The zero-order valence-corrected chi connectivity index (χ0v) is 32.5. The van der Waals surface area contributed by atoms with Gasteiger partial charge in [0.2, 0.25) is 11.8 Å². The molecule has 296 valence electrons. The van der Waals surface area contributed by atoms with Gasteiger partial charge in [-0.3, -0.25) is 34.7 Å². The van der Waals surface area contributed by atoms with Crippen LogP contribution in [0, 0.1) is 0 Å². The van der Waals surface area contributed by atoms with E-state index in [0.717, 1.165) is 34.9 Å². The first-order chi connectivity index (χ1) is 26.5. The van der Waals surface area contributed by atoms with E-state index in [9.17, 15) is 38.7 Å². The number of aromatic nitrogens is 1. The number of thioether (sulfide) groups is 1. The number of nitrogens with zero attached hydrogens (tertiary/aromatic N) is 2. The first-order valence-electron chi connectivity index (χ1n) is 17.0. The number of aliphatic carboxylic acids is 1. The van der Waals surface area contributed by atoms with Crippen LogP contribution in [-0.4, -0.2) is 93.6 Å². The van der Waals surface area contributed by atoms with Crippen molar-refractivity contribution >= 4 is 75.8 Å². The van der Waals surface area contributed by atoms with Gasteiger partial charge in [-0.1, -0.05) is 48.5 Å². The van der Waals surface area contributed by atoms with E-state index in [4.69, 9.17) is 18.9 Å². The molecular formula is C37H39N5O12S2. The van der Waals surface area contributed by atoms with Crippen LogP contribution >= 0.6 is 23.1 Å². The summed E-state index contributed by atoms with van der Waals surface area (Å²) >= 11 is 2.13. The van der Waals surface area contributed by atoms with E-state index in [-0.39, 0.29) is 46.2 Å². The number of para-hydroxylation sites is 1. The van der Waals surface area contributed by atoms with Gasteiger partial charge < -0.3 is 29.4 Å². The Kier molecular flexibility index (Phi) is 12.7. The van der Waals surface area contributed by atoms with E-state index >= 15 is 0 Å². The minimum absolute atomic E-state index is 0.0421. The van der Waals surface area contributed by atoms with Gasteiger partial charge in [-0.25, -0.2) is 19.4 Å². The molecule has 4 amide bonds. The van der Waals surface area contributed by atoms with Crippen LogP contribution in [0.1, 0.15) is 50.9 Å². The maximum Gasteiger partial charge on any atom is 0.413 e. The third-order valence-corrected chi connectivity index (χ3v) is 10.5. The highest BCUT2D eigenvalue weighted by molar-refractivity contribution is 8.00. The van der Waals surface area contributed by atoms with Gasteiger partial charge in [0.05, 0.1) is 31.0 Å². The van der Waals surface area contributed by atoms with Crippen molar-refractivity contribution in [1.82, 2.24) is 15.2 Å². The summed E-state index contributed by atoms with van der Waals surface area (Å²) in [4.78, 5) is 94.4. The molecule has 1 unspecified atom stereocenters. The number of methoxy groups -OCH3 is 1. The summed E-state index contributed by atoms with van der Waals surface area (Å²) in [6.07, 6.45) is -1.96. The third-order valence-electron chi connectivity index (χ3n) is 8.33. The van der Waals surface area contributed by atoms with E-state index < -0.39 is 76.9 Å². The standard InChI is InChI=1S/C37H39N5O12S2/c1-20(43)52-17-23-29(31(46)47)42-27(45)16-28(42)56-30(23)40-26(44)15-22-18-55-33(38-22)41-34(49)53-19-37(32(48)51-5,21-11-7-6-8-12-21)24-13-9-10-14-25(24)39-35(50)54-36(2,3)4/h6-14,18,28,30H,15-17,19H2,1-5H3,(H,39,50)(H,40,44)(H,46,47)(H,38,41,49)/t28-,30+,37?/m0/s1. The van der Waals surface area contributed by atoms with Gasteiger partial charge >= 0.3 is 30.1 Å². The molecule has 2 aromatic carbocycles. The molecule has 19 heteroatoms. The van der Waals surface area contributed by atoms with Crippen LogP contribution < -0.4 is 16.0 Å². The van der Waals surface area contributed by atoms with Crippen molar-refractivity contribution in [2.24, 2.45) is 0 Å². The number of carbonyl (C=O) groups is 7. The fraction of sp³-hybridized carbons (Fsp3) is 0.351. The molecule has 0 aliphatic carbocycles. The molecule has 0 spiro atoms. The number of benzene rings is 2. The molecule has 4 N–H and O–H groups in total. The fourth-order valence-electron chi connectivity index (χ4n) is 5.95. The van der Waals surface area contributed by atoms with Crippen LogP contribution in [0.15, 0.2) is 71.2 Å². The van der Waals surface area contributed by atoms with Gasteiger partial charge in [0.15, 0.2) is 10.5 Å². The summed E-state index contributed by atoms with van der Waals surface area (Å²) in [5.41, 5.74) is -1.77. The highest BCUT2D eigenvalue weighted by Crippen LogP contribution is 2.43. The Bertz CT molecular complexity index is 2060. The van der Waals surface area contributed by atoms with Crippen LogP contribution in [0.4, 0.5) is 20.4 Å². The van der Waals surface area contributed by atoms with Crippen LogP contribution in [0.2, 0.25) is 0 Å². The number of β-lactam (4-membered cyclic amide) rings is 1. The van der Waals surface area contributed by atoms with E-state index in [2.05, 4.69) is 20.9 Å². The molecule has 1 saturated heterocycles. The molecule has 1 aromatic heterocycles. The molecule has 1 fully saturated rings. The number of fused-ring (bicyclic) bond motifs is 1. The third kappa shape index (κ3) is 9.46. The topological polar surface area (TPSA) is 229 Å². The number of thiazole rings is 1. The second kappa shape index (κ2) is 17.2. The molecule has 17 nitrogen and oxygen atoms in total. The predicted molar refractivity (Wildman–Crippen MR) is 202 cm³/mol.